The number of hydrogen-bond acceptors (Lipinski definition) is 6. The molecule has 0 fully saturated rings. The van der Waals surface area contributed by atoms with Crippen molar-refractivity contribution in [2.75, 3.05) is 11.9 Å². The Kier molecular flexibility index (Phi) is 4.14. The fourth-order valence-corrected chi connectivity index (χ4v) is 2.20. The topological polar surface area (TPSA) is 68.5 Å². The quantitative estimate of drug-likeness (QED) is 0.828. The average Bonchev–Trinajstić information content (AvgIpc) is 2.70. The fourth-order valence-electron chi connectivity index (χ4n) is 1.35. The first kappa shape index (κ1) is 12.8. The van der Waals surface area contributed by atoms with Crippen molar-refractivity contribution in [3.63, 3.8) is 0 Å². The van der Waals surface area contributed by atoms with E-state index in [-0.39, 0.29) is 0 Å². The molecule has 6 nitrogen and oxygen atoms in total. The third-order valence-electron chi connectivity index (χ3n) is 2.46. The van der Waals surface area contributed by atoms with E-state index in [0.29, 0.717) is 0 Å². The van der Waals surface area contributed by atoms with Crippen molar-refractivity contribution in [2.24, 2.45) is 7.05 Å². The lowest BCUT2D eigenvalue weighted by Gasteiger charge is -2.03. The first-order valence-electron chi connectivity index (χ1n) is 5.74. The van der Waals surface area contributed by atoms with Gasteiger partial charge < -0.3 is 9.88 Å². The molecule has 7 heteroatoms. The summed E-state index contributed by atoms with van der Waals surface area (Å²) >= 11 is 1.61. The molecule has 1 N–H and O–H groups in total. The second kappa shape index (κ2) is 5.81. The summed E-state index contributed by atoms with van der Waals surface area (Å²) in [5.41, 5.74) is 0.933. The van der Waals surface area contributed by atoms with E-state index in [1.807, 2.05) is 25.5 Å². The van der Waals surface area contributed by atoms with Gasteiger partial charge in [0.25, 0.3) is 0 Å². The van der Waals surface area contributed by atoms with Gasteiger partial charge >= 0.3 is 0 Å². The molecule has 0 aliphatic heterocycles. The van der Waals surface area contributed by atoms with E-state index in [0.717, 1.165) is 34.8 Å². The van der Waals surface area contributed by atoms with Crippen molar-refractivity contribution in [3.8, 4) is 0 Å². The van der Waals surface area contributed by atoms with Crippen molar-refractivity contribution < 1.29 is 0 Å². The number of nitrogens with one attached hydrogen (secondary N) is 1. The summed E-state index contributed by atoms with van der Waals surface area (Å²) in [4.78, 5) is 8.62. The summed E-state index contributed by atoms with van der Waals surface area (Å²) in [6, 6.07) is 0. The molecule has 2 heterocycles. The Hall–Kier alpha value is -1.63. The van der Waals surface area contributed by atoms with Crippen LogP contribution in [0.1, 0.15) is 18.4 Å². The minimum absolute atomic E-state index is 0.741. The number of nitrogens with zero attached hydrogens (tertiary/aromatic N) is 5. The molecule has 2 aromatic heterocycles. The first-order chi connectivity index (χ1) is 8.70. The second-order valence-electron chi connectivity index (χ2n) is 3.80. The number of aromatic nitrogens is 5. The molecule has 0 aliphatic rings. The molecule has 96 valence electrons. The maximum absolute atomic E-state index is 4.35. The Balaban J connectivity index is 1.96. The maximum Gasteiger partial charge on any atom is 0.191 e. The Morgan fingerprint density at radius 3 is 2.67 bits per heavy atom. The highest BCUT2D eigenvalue weighted by atomic mass is 32.2. The Morgan fingerprint density at radius 2 is 2.11 bits per heavy atom. The van der Waals surface area contributed by atoms with Crippen molar-refractivity contribution in [1.82, 2.24) is 24.7 Å². The molecular formula is C11H16N6S. The minimum Gasteiger partial charge on any atom is -0.369 e. The lowest BCUT2D eigenvalue weighted by atomic mass is 10.5. The zero-order valence-corrected chi connectivity index (χ0v) is 11.5. The molecule has 0 amide bonds. The smallest absolute Gasteiger partial charge is 0.191 e. The highest BCUT2D eigenvalue weighted by molar-refractivity contribution is 7.98. The molecule has 2 aromatic rings. The van der Waals surface area contributed by atoms with Crippen LogP contribution in [0.3, 0.4) is 0 Å². The summed E-state index contributed by atoms with van der Waals surface area (Å²) in [5, 5.41) is 12.1. The zero-order chi connectivity index (χ0) is 13.0. The lowest BCUT2D eigenvalue weighted by molar-refractivity contribution is 0.765. The molecule has 0 atom stereocenters. The van der Waals surface area contributed by atoms with Gasteiger partial charge in [-0.05, 0) is 13.8 Å². The van der Waals surface area contributed by atoms with Crippen molar-refractivity contribution in [3.05, 3.63) is 23.9 Å². The molecule has 0 radical (unpaired) electrons. The van der Waals surface area contributed by atoms with Gasteiger partial charge in [0.15, 0.2) is 5.16 Å². The van der Waals surface area contributed by atoms with E-state index in [1.165, 1.54) is 0 Å². The van der Waals surface area contributed by atoms with Crippen LogP contribution in [-0.2, 0) is 12.8 Å². The molecule has 0 unspecified atom stereocenters. The van der Waals surface area contributed by atoms with Crippen LogP contribution in [0, 0.1) is 6.92 Å². The number of thioether (sulfide) groups is 1. The first-order valence-corrected chi connectivity index (χ1v) is 6.73. The van der Waals surface area contributed by atoms with E-state index >= 15 is 0 Å². The van der Waals surface area contributed by atoms with Gasteiger partial charge in [-0.25, -0.2) is 4.98 Å². The predicted molar refractivity (Wildman–Crippen MR) is 71.5 cm³/mol. The summed E-state index contributed by atoms with van der Waals surface area (Å²) in [6.45, 7) is 4.81. The van der Waals surface area contributed by atoms with Crippen LogP contribution >= 0.6 is 11.8 Å². The SMILES string of the molecule is CCNc1cnc(CSc2nnc(C)n2C)cn1. The predicted octanol–water partition coefficient (Wildman–Crippen LogP) is 1.64. The van der Waals surface area contributed by atoms with E-state index in [2.05, 4.69) is 25.5 Å². The highest BCUT2D eigenvalue weighted by Crippen LogP contribution is 2.19. The lowest BCUT2D eigenvalue weighted by Crippen LogP contribution is -2.01. The molecule has 0 spiro atoms. The average molecular weight is 264 g/mol. The second-order valence-corrected chi connectivity index (χ2v) is 4.74. The summed E-state index contributed by atoms with van der Waals surface area (Å²) in [7, 11) is 1.96. The summed E-state index contributed by atoms with van der Waals surface area (Å²) < 4.78 is 1.96. The van der Waals surface area contributed by atoms with Gasteiger partial charge in [0, 0.05) is 19.3 Å². The number of anilines is 1. The van der Waals surface area contributed by atoms with Crippen LogP contribution in [0.4, 0.5) is 5.82 Å². The fraction of sp³-hybridized carbons (Fsp3) is 0.455. The van der Waals surface area contributed by atoms with Crippen LogP contribution in [0.15, 0.2) is 17.6 Å². The standard InChI is InChI=1S/C11H16N6S/c1-4-12-10-6-13-9(5-14-10)7-18-11-16-15-8(2)17(11)3/h5-6H,4,7H2,1-3H3,(H,12,14). The van der Waals surface area contributed by atoms with Gasteiger partial charge in [-0.1, -0.05) is 11.8 Å². The molecule has 0 saturated heterocycles. The van der Waals surface area contributed by atoms with Gasteiger partial charge in [0.05, 0.1) is 18.1 Å². The molecule has 0 saturated carbocycles. The van der Waals surface area contributed by atoms with Gasteiger partial charge in [-0.15, -0.1) is 10.2 Å². The van der Waals surface area contributed by atoms with Gasteiger partial charge in [0.2, 0.25) is 0 Å². The molecule has 0 bridgehead atoms. The van der Waals surface area contributed by atoms with Crippen LogP contribution in [0.25, 0.3) is 0 Å². The third-order valence-corrected chi connectivity index (χ3v) is 3.52. The number of hydrogen-bond donors (Lipinski definition) is 1. The molecule has 18 heavy (non-hydrogen) atoms. The van der Waals surface area contributed by atoms with Crippen molar-refractivity contribution in [1.29, 1.82) is 0 Å². The largest absolute Gasteiger partial charge is 0.369 e. The van der Waals surface area contributed by atoms with Crippen molar-refractivity contribution in [2.45, 2.75) is 24.8 Å². The third kappa shape index (κ3) is 2.98. The van der Waals surface area contributed by atoms with E-state index in [1.54, 1.807) is 24.2 Å². The number of rotatable bonds is 5. The molecule has 2 rings (SSSR count). The van der Waals surface area contributed by atoms with Gasteiger partial charge in [-0.3, -0.25) is 4.98 Å². The summed E-state index contributed by atoms with van der Waals surface area (Å²) in [5.74, 6) is 2.46. The monoisotopic (exact) mass is 264 g/mol. The van der Waals surface area contributed by atoms with E-state index < -0.39 is 0 Å². The van der Waals surface area contributed by atoms with Crippen LogP contribution in [0.2, 0.25) is 0 Å². The van der Waals surface area contributed by atoms with Gasteiger partial charge in [-0.2, -0.15) is 0 Å². The Bertz CT molecular complexity index is 507. The highest BCUT2D eigenvalue weighted by Gasteiger charge is 2.06. The summed E-state index contributed by atoms with van der Waals surface area (Å²) in [6.07, 6.45) is 3.54. The van der Waals surface area contributed by atoms with Gasteiger partial charge in [0.1, 0.15) is 11.6 Å². The van der Waals surface area contributed by atoms with Crippen LogP contribution in [0.5, 0.6) is 0 Å². The zero-order valence-electron chi connectivity index (χ0n) is 10.7. The Labute approximate surface area is 110 Å². The van der Waals surface area contributed by atoms with Crippen molar-refractivity contribution >= 4 is 17.6 Å². The molecule has 0 aliphatic carbocycles. The van der Waals surface area contributed by atoms with E-state index in [9.17, 15) is 0 Å². The number of aryl methyl sites for hydroxylation is 1. The molecule has 0 aromatic carbocycles. The molecular weight excluding hydrogens is 248 g/mol. The minimum atomic E-state index is 0.741. The van der Waals surface area contributed by atoms with Crippen LogP contribution < -0.4 is 5.32 Å². The normalized spacial score (nSPS) is 10.6. The maximum atomic E-state index is 4.35. The Morgan fingerprint density at radius 1 is 1.28 bits per heavy atom. The van der Waals surface area contributed by atoms with E-state index in [4.69, 9.17) is 0 Å². The van der Waals surface area contributed by atoms with Crippen LogP contribution in [-0.4, -0.2) is 31.3 Å².